The van der Waals surface area contributed by atoms with Gasteiger partial charge in [0.15, 0.2) is 5.78 Å². The minimum absolute atomic E-state index is 0.165. The van der Waals surface area contributed by atoms with Crippen molar-refractivity contribution in [2.24, 2.45) is 17.8 Å². The Morgan fingerprint density at radius 2 is 1.54 bits per heavy atom. The second-order valence-corrected chi connectivity index (χ2v) is 4.45. The summed E-state index contributed by atoms with van der Waals surface area (Å²) < 4.78 is 5.69. The molecule has 0 radical (unpaired) electrons. The molecule has 1 rings (SSSR count). The van der Waals surface area contributed by atoms with Crippen molar-refractivity contribution in [2.75, 3.05) is 0 Å². The predicted molar refractivity (Wildman–Crippen MR) is 52.5 cm³/mol. The smallest absolute Gasteiger partial charge is 0.158 e. The zero-order valence-electron chi connectivity index (χ0n) is 9.20. The molecule has 2 heteroatoms. The van der Waals surface area contributed by atoms with Crippen molar-refractivity contribution in [2.45, 2.75) is 46.8 Å². The molecule has 0 N–H and O–H groups in total. The van der Waals surface area contributed by atoms with Crippen LogP contribution in [0.5, 0.6) is 0 Å². The number of hydrogen-bond acceptors (Lipinski definition) is 2. The number of carbonyl (C=O) groups is 1. The maximum atomic E-state index is 11.3. The average Bonchev–Trinajstić information content (AvgIpc) is 2.07. The maximum Gasteiger partial charge on any atom is 0.158 e. The first-order chi connectivity index (χ1) is 5.95. The molecule has 0 aromatic heterocycles. The van der Waals surface area contributed by atoms with Gasteiger partial charge in [0.2, 0.25) is 0 Å². The summed E-state index contributed by atoms with van der Waals surface area (Å²) in [6, 6.07) is 0. The second-order valence-electron chi connectivity index (χ2n) is 4.45. The summed E-state index contributed by atoms with van der Waals surface area (Å²) in [5.41, 5.74) is 0. The summed E-state index contributed by atoms with van der Waals surface area (Å²) in [5, 5.41) is 0. The standard InChI is InChI=1S/C11H20O2/c1-6-7(2)10(5)13-11(8(6)3)9(4)12/h6-8,10-11H,1-5H3/t6?,7-,8+,10?,11?/m0/s1. The predicted octanol–water partition coefficient (Wildman–Crippen LogP) is 2.27. The van der Waals surface area contributed by atoms with Gasteiger partial charge in [0.25, 0.3) is 0 Å². The first kappa shape index (κ1) is 10.7. The van der Waals surface area contributed by atoms with Gasteiger partial charge in [-0.1, -0.05) is 20.8 Å². The Balaban J connectivity index is 2.76. The molecular formula is C11H20O2. The largest absolute Gasteiger partial charge is 0.367 e. The molecule has 1 heterocycles. The van der Waals surface area contributed by atoms with Crippen molar-refractivity contribution in [3.63, 3.8) is 0 Å². The molecule has 2 nitrogen and oxygen atoms in total. The molecule has 1 fully saturated rings. The molecular weight excluding hydrogens is 164 g/mol. The van der Waals surface area contributed by atoms with Gasteiger partial charge in [0.05, 0.1) is 6.10 Å². The van der Waals surface area contributed by atoms with Crippen LogP contribution in [0.25, 0.3) is 0 Å². The number of Topliss-reactive ketones (excluding diaryl/α,β-unsaturated/α-hetero) is 1. The van der Waals surface area contributed by atoms with Gasteiger partial charge in [-0.3, -0.25) is 4.79 Å². The van der Waals surface area contributed by atoms with Crippen LogP contribution in [-0.2, 0) is 9.53 Å². The molecule has 0 amide bonds. The lowest BCUT2D eigenvalue weighted by Gasteiger charge is -2.41. The first-order valence-corrected chi connectivity index (χ1v) is 5.11. The van der Waals surface area contributed by atoms with Gasteiger partial charge in [-0.15, -0.1) is 0 Å². The summed E-state index contributed by atoms with van der Waals surface area (Å²) in [4.78, 5) is 11.3. The number of carbonyl (C=O) groups excluding carboxylic acids is 1. The van der Waals surface area contributed by atoms with Crippen LogP contribution in [0.15, 0.2) is 0 Å². The summed E-state index contributed by atoms with van der Waals surface area (Å²) in [6.45, 7) is 10.2. The van der Waals surface area contributed by atoms with Gasteiger partial charge >= 0.3 is 0 Å². The van der Waals surface area contributed by atoms with Crippen molar-refractivity contribution >= 4 is 5.78 Å². The fourth-order valence-corrected chi connectivity index (χ4v) is 2.13. The van der Waals surface area contributed by atoms with Gasteiger partial charge < -0.3 is 4.74 Å². The van der Waals surface area contributed by atoms with Crippen molar-refractivity contribution in [3.05, 3.63) is 0 Å². The average molecular weight is 184 g/mol. The molecule has 5 atom stereocenters. The Morgan fingerprint density at radius 3 is 2.00 bits per heavy atom. The molecule has 0 aliphatic carbocycles. The summed E-state index contributed by atoms with van der Waals surface area (Å²) in [6.07, 6.45) is 0.0290. The van der Waals surface area contributed by atoms with E-state index in [1.54, 1.807) is 6.92 Å². The fourth-order valence-electron chi connectivity index (χ4n) is 2.13. The molecule has 76 valence electrons. The highest BCUT2D eigenvalue weighted by Gasteiger charge is 2.38. The van der Waals surface area contributed by atoms with E-state index < -0.39 is 0 Å². The molecule has 0 bridgehead atoms. The minimum Gasteiger partial charge on any atom is -0.367 e. The lowest BCUT2D eigenvalue weighted by atomic mass is 9.76. The molecule has 1 saturated heterocycles. The Bertz CT molecular complexity index is 200. The monoisotopic (exact) mass is 184 g/mol. The molecule has 0 spiro atoms. The fraction of sp³-hybridized carbons (Fsp3) is 0.909. The van der Waals surface area contributed by atoms with Crippen LogP contribution in [0.3, 0.4) is 0 Å². The van der Waals surface area contributed by atoms with Crippen LogP contribution in [-0.4, -0.2) is 18.0 Å². The normalized spacial score (nSPS) is 46.1. The molecule has 1 aliphatic heterocycles. The van der Waals surface area contributed by atoms with Gasteiger partial charge in [-0.2, -0.15) is 0 Å². The molecule has 1 aliphatic rings. The third kappa shape index (κ3) is 1.93. The Kier molecular flexibility index (Phi) is 3.12. The first-order valence-electron chi connectivity index (χ1n) is 5.11. The summed E-state index contributed by atoms with van der Waals surface area (Å²) in [5.74, 6) is 1.63. The topological polar surface area (TPSA) is 26.3 Å². The van der Waals surface area contributed by atoms with E-state index in [9.17, 15) is 4.79 Å². The molecule has 0 saturated carbocycles. The Hall–Kier alpha value is -0.370. The lowest BCUT2D eigenvalue weighted by molar-refractivity contribution is -0.156. The van der Waals surface area contributed by atoms with Crippen molar-refractivity contribution in [3.8, 4) is 0 Å². The number of ketones is 1. The van der Waals surface area contributed by atoms with Gasteiger partial charge in [-0.05, 0) is 31.6 Å². The van der Waals surface area contributed by atoms with E-state index in [2.05, 4.69) is 27.7 Å². The maximum absolute atomic E-state index is 11.3. The van der Waals surface area contributed by atoms with Crippen LogP contribution in [0.2, 0.25) is 0 Å². The minimum atomic E-state index is -0.179. The van der Waals surface area contributed by atoms with E-state index in [0.717, 1.165) is 0 Å². The third-order valence-electron chi connectivity index (χ3n) is 3.64. The van der Waals surface area contributed by atoms with Crippen molar-refractivity contribution in [1.29, 1.82) is 0 Å². The van der Waals surface area contributed by atoms with E-state index in [4.69, 9.17) is 4.74 Å². The molecule has 0 aromatic carbocycles. The zero-order valence-corrected chi connectivity index (χ0v) is 9.20. The Labute approximate surface area is 80.7 Å². The highest BCUT2D eigenvalue weighted by Crippen LogP contribution is 2.34. The van der Waals surface area contributed by atoms with E-state index >= 15 is 0 Å². The van der Waals surface area contributed by atoms with Crippen molar-refractivity contribution in [1.82, 2.24) is 0 Å². The number of hydrogen-bond donors (Lipinski definition) is 0. The highest BCUT2D eigenvalue weighted by atomic mass is 16.5. The molecule has 3 unspecified atom stereocenters. The van der Waals surface area contributed by atoms with Gasteiger partial charge in [0, 0.05) is 0 Å². The van der Waals surface area contributed by atoms with Crippen LogP contribution >= 0.6 is 0 Å². The zero-order chi connectivity index (χ0) is 10.2. The number of ether oxygens (including phenoxy) is 1. The number of rotatable bonds is 1. The van der Waals surface area contributed by atoms with Crippen LogP contribution < -0.4 is 0 Å². The van der Waals surface area contributed by atoms with Crippen LogP contribution in [0.4, 0.5) is 0 Å². The lowest BCUT2D eigenvalue weighted by Crippen LogP contribution is -2.46. The van der Waals surface area contributed by atoms with Crippen LogP contribution in [0.1, 0.15) is 34.6 Å². The molecule has 13 heavy (non-hydrogen) atoms. The summed E-state index contributed by atoms with van der Waals surface area (Å²) in [7, 11) is 0. The van der Waals surface area contributed by atoms with Gasteiger partial charge in [0.1, 0.15) is 6.10 Å². The van der Waals surface area contributed by atoms with Crippen molar-refractivity contribution < 1.29 is 9.53 Å². The van der Waals surface area contributed by atoms with Gasteiger partial charge in [-0.25, -0.2) is 0 Å². The van der Waals surface area contributed by atoms with E-state index in [0.29, 0.717) is 17.8 Å². The summed E-state index contributed by atoms with van der Waals surface area (Å²) >= 11 is 0. The SMILES string of the molecule is CC(=O)C1OC(C)[C@@H](C)C(C)[C@H]1C. The highest BCUT2D eigenvalue weighted by molar-refractivity contribution is 5.80. The van der Waals surface area contributed by atoms with E-state index in [-0.39, 0.29) is 18.0 Å². The second kappa shape index (κ2) is 3.79. The van der Waals surface area contributed by atoms with Crippen LogP contribution in [0, 0.1) is 17.8 Å². The quantitative estimate of drug-likeness (QED) is 0.625. The third-order valence-corrected chi connectivity index (χ3v) is 3.64. The Morgan fingerprint density at radius 1 is 1.00 bits per heavy atom. The molecule has 0 aromatic rings. The van der Waals surface area contributed by atoms with E-state index in [1.165, 1.54) is 0 Å². The van der Waals surface area contributed by atoms with E-state index in [1.807, 2.05) is 0 Å².